The molecule has 0 aliphatic heterocycles. The van der Waals surface area contributed by atoms with Gasteiger partial charge in [-0.05, 0) is 47.5 Å². The van der Waals surface area contributed by atoms with Crippen LogP contribution in [0.25, 0.3) is 0 Å². The van der Waals surface area contributed by atoms with E-state index in [1.807, 2.05) is 48.5 Å². The molecule has 126 valence electrons. The van der Waals surface area contributed by atoms with Gasteiger partial charge in [0.2, 0.25) is 0 Å². The molecular weight excluding hydrogens is 345 g/mol. The third-order valence-electron chi connectivity index (χ3n) is 3.45. The summed E-state index contributed by atoms with van der Waals surface area (Å²) in [7, 11) is 0. The zero-order chi connectivity index (χ0) is 15.9. The average molecular weight is 363 g/mol. The Morgan fingerprint density at radius 3 is 2.25 bits per heavy atom. The molecule has 1 aromatic heterocycles. The third kappa shape index (κ3) is 5.60. The summed E-state index contributed by atoms with van der Waals surface area (Å²) in [6.45, 7) is 2.05. The van der Waals surface area contributed by atoms with Crippen molar-refractivity contribution in [2.75, 3.05) is 0 Å². The topological polar surface area (TPSA) is 34.4 Å². The molecule has 0 unspecified atom stereocenters. The molecule has 0 spiro atoms. The predicted octanol–water partition coefficient (Wildman–Crippen LogP) is 1.81. The quantitative estimate of drug-likeness (QED) is 0.695. The molecule has 0 atom stereocenters. The molecule has 3 aromatic rings. The first-order valence-electron chi connectivity index (χ1n) is 7.49. The van der Waals surface area contributed by atoms with Gasteiger partial charge in [-0.1, -0.05) is 35.9 Å². The van der Waals surface area contributed by atoms with Crippen molar-refractivity contribution in [3.63, 3.8) is 0 Å². The maximum Gasteiger partial charge on any atom is 0.119 e. The van der Waals surface area contributed by atoms with Crippen LogP contribution >= 0.6 is 11.6 Å². The molecule has 3 nitrogen and oxygen atoms in total. The Morgan fingerprint density at radius 2 is 1.58 bits per heavy atom. The lowest BCUT2D eigenvalue weighted by Crippen LogP contribution is -3.00. The highest BCUT2D eigenvalue weighted by Gasteiger charge is 1.99. The van der Waals surface area contributed by atoms with Gasteiger partial charge in [-0.25, -0.2) is 0 Å². The van der Waals surface area contributed by atoms with Crippen LogP contribution < -0.4 is 22.5 Å². The molecule has 0 fully saturated rings. The lowest BCUT2D eigenvalue weighted by molar-refractivity contribution is -0.00000543. The molecule has 0 saturated heterocycles. The summed E-state index contributed by atoms with van der Waals surface area (Å²) in [6, 6.07) is 19.6. The van der Waals surface area contributed by atoms with Crippen LogP contribution in [0.1, 0.15) is 16.9 Å². The highest BCUT2D eigenvalue weighted by molar-refractivity contribution is 6.30. The van der Waals surface area contributed by atoms with Gasteiger partial charge in [0.15, 0.2) is 0 Å². The monoisotopic (exact) mass is 362 g/mol. The highest BCUT2D eigenvalue weighted by atomic mass is 35.5. The maximum atomic E-state index is 5.87. The lowest BCUT2D eigenvalue weighted by atomic mass is 10.2. The van der Waals surface area contributed by atoms with Gasteiger partial charge in [0.05, 0.1) is 12.8 Å². The van der Waals surface area contributed by atoms with Crippen molar-refractivity contribution in [2.24, 2.45) is 0 Å². The van der Waals surface area contributed by atoms with E-state index < -0.39 is 0 Å². The fourth-order valence-corrected chi connectivity index (χ4v) is 2.32. The van der Waals surface area contributed by atoms with Crippen LogP contribution in [0.3, 0.4) is 0 Å². The molecule has 0 bridgehead atoms. The van der Waals surface area contributed by atoms with Gasteiger partial charge < -0.3 is 26.9 Å². The van der Waals surface area contributed by atoms with Gasteiger partial charge in [0.25, 0.3) is 0 Å². The first-order chi connectivity index (χ1) is 11.3. The Balaban J connectivity index is 0.00000208. The second-order valence-electron chi connectivity index (χ2n) is 5.24. The van der Waals surface area contributed by atoms with Crippen LogP contribution in [-0.2, 0) is 19.7 Å². The van der Waals surface area contributed by atoms with E-state index in [2.05, 4.69) is 17.4 Å². The van der Waals surface area contributed by atoms with Crippen molar-refractivity contribution in [3.05, 3.63) is 88.8 Å². The van der Waals surface area contributed by atoms with Crippen molar-refractivity contribution in [1.82, 2.24) is 5.32 Å². The van der Waals surface area contributed by atoms with Crippen LogP contribution in [0.5, 0.6) is 5.75 Å². The molecule has 24 heavy (non-hydrogen) atoms. The predicted molar refractivity (Wildman–Crippen MR) is 91.5 cm³/mol. The van der Waals surface area contributed by atoms with E-state index in [1.54, 1.807) is 6.26 Å². The minimum absolute atomic E-state index is 0. The number of halogens is 2. The molecule has 0 amide bonds. The summed E-state index contributed by atoms with van der Waals surface area (Å²) in [5.74, 6) is 1.79. The summed E-state index contributed by atoms with van der Waals surface area (Å²) in [4.78, 5) is 0. The van der Waals surface area contributed by atoms with Gasteiger partial charge in [0, 0.05) is 11.6 Å². The summed E-state index contributed by atoms with van der Waals surface area (Å²) in [6.07, 6.45) is 1.68. The Labute approximate surface area is 153 Å². The molecule has 0 aliphatic rings. The number of ether oxygens (including phenoxy) is 1. The normalized spacial score (nSPS) is 10.2. The Kier molecular flexibility index (Phi) is 7.19. The fraction of sp³-hybridized carbons (Fsp3) is 0.158. The Bertz CT molecular complexity index is 710. The number of hydrogen-bond acceptors (Lipinski definition) is 3. The molecule has 1 N–H and O–H groups in total. The highest BCUT2D eigenvalue weighted by Crippen LogP contribution is 2.16. The minimum atomic E-state index is 0. The standard InChI is InChI=1S/C19H18ClNO2.ClH/c20-17-7-3-16(4-8-17)14-23-18-9-5-15(6-10-18)12-21-13-19-2-1-11-22-19;/h1-11,21H,12-14H2;1H/p-1. The Morgan fingerprint density at radius 1 is 0.875 bits per heavy atom. The lowest BCUT2D eigenvalue weighted by Gasteiger charge is -2.08. The SMILES string of the molecule is Clc1ccc(COc2ccc(CNCc3ccco3)cc2)cc1.[Cl-]. The molecule has 0 radical (unpaired) electrons. The third-order valence-corrected chi connectivity index (χ3v) is 3.70. The molecule has 5 heteroatoms. The summed E-state index contributed by atoms with van der Waals surface area (Å²) in [5, 5.41) is 4.08. The smallest absolute Gasteiger partial charge is 0.119 e. The Hall–Kier alpha value is -1.94. The molecule has 0 saturated carbocycles. The van der Waals surface area contributed by atoms with Crippen molar-refractivity contribution < 1.29 is 21.6 Å². The first-order valence-corrected chi connectivity index (χ1v) is 7.87. The molecule has 2 aromatic carbocycles. The zero-order valence-corrected chi connectivity index (χ0v) is 14.6. The zero-order valence-electron chi connectivity index (χ0n) is 13.0. The van der Waals surface area contributed by atoms with Crippen LogP contribution in [0.4, 0.5) is 0 Å². The van der Waals surface area contributed by atoms with Gasteiger partial charge in [-0.15, -0.1) is 0 Å². The average Bonchev–Trinajstić information content (AvgIpc) is 3.09. The molecule has 3 rings (SSSR count). The van der Waals surface area contributed by atoms with E-state index in [9.17, 15) is 0 Å². The number of nitrogens with one attached hydrogen (secondary N) is 1. The van der Waals surface area contributed by atoms with E-state index in [0.29, 0.717) is 6.61 Å². The van der Waals surface area contributed by atoms with E-state index in [1.165, 1.54) is 5.56 Å². The van der Waals surface area contributed by atoms with Crippen molar-refractivity contribution in [1.29, 1.82) is 0 Å². The van der Waals surface area contributed by atoms with Crippen molar-refractivity contribution in [2.45, 2.75) is 19.7 Å². The van der Waals surface area contributed by atoms with E-state index in [-0.39, 0.29) is 12.4 Å². The van der Waals surface area contributed by atoms with Crippen molar-refractivity contribution in [3.8, 4) is 5.75 Å². The number of rotatable bonds is 7. The maximum absolute atomic E-state index is 5.87. The van der Waals surface area contributed by atoms with Gasteiger partial charge >= 0.3 is 0 Å². The summed E-state index contributed by atoms with van der Waals surface area (Å²) >= 11 is 5.87. The molecule has 0 aliphatic carbocycles. The van der Waals surface area contributed by atoms with Gasteiger partial charge in [0.1, 0.15) is 18.1 Å². The van der Waals surface area contributed by atoms with Crippen LogP contribution in [0.15, 0.2) is 71.3 Å². The number of benzene rings is 2. The second-order valence-corrected chi connectivity index (χ2v) is 5.68. The minimum Gasteiger partial charge on any atom is -1.00 e. The first kappa shape index (κ1) is 18.4. The molecular formula is C19H18Cl2NO2-. The number of furan rings is 1. The number of hydrogen-bond donors (Lipinski definition) is 1. The van der Waals surface area contributed by atoms with Gasteiger partial charge in [-0.2, -0.15) is 0 Å². The second kappa shape index (κ2) is 9.38. The van der Waals surface area contributed by atoms with Gasteiger partial charge in [-0.3, -0.25) is 0 Å². The van der Waals surface area contributed by atoms with E-state index in [0.717, 1.165) is 35.2 Å². The van der Waals surface area contributed by atoms with Crippen LogP contribution in [0.2, 0.25) is 5.02 Å². The summed E-state index contributed by atoms with van der Waals surface area (Å²) < 4.78 is 11.1. The fourth-order valence-electron chi connectivity index (χ4n) is 2.19. The van der Waals surface area contributed by atoms with E-state index >= 15 is 0 Å². The van der Waals surface area contributed by atoms with E-state index in [4.69, 9.17) is 20.8 Å². The van der Waals surface area contributed by atoms with Crippen LogP contribution in [-0.4, -0.2) is 0 Å². The van der Waals surface area contributed by atoms with Crippen molar-refractivity contribution >= 4 is 11.6 Å². The largest absolute Gasteiger partial charge is 1.00 e. The molecule has 1 heterocycles. The summed E-state index contributed by atoms with van der Waals surface area (Å²) in [5.41, 5.74) is 2.30. The van der Waals surface area contributed by atoms with Crippen LogP contribution in [0, 0.1) is 0 Å².